The summed E-state index contributed by atoms with van der Waals surface area (Å²) in [4.78, 5) is 16.0. The van der Waals surface area contributed by atoms with Crippen LogP contribution in [0.1, 0.15) is 21.3 Å². The number of hydrogen-bond donors (Lipinski definition) is 3. The van der Waals surface area contributed by atoms with Crippen molar-refractivity contribution in [3.05, 3.63) is 46.4 Å². The number of carbonyl (C=O) groups is 1. The average molecular weight is 263 g/mol. The first-order valence-corrected chi connectivity index (χ1v) is 6.25. The number of anilines is 1. The van der Waals surface area contributed by atoms with E-state index in [-0.39, 0.29) is 12.5 Å². The van der Waals surface area contributed by atoms with E-state index in [1.807, 2.05) is 0 Å². The van der Waals surface area contributed by atoms with Crippen LogP contribution in [0.4, 0.5) is 5.69 Å². The number of nitrogens with two attached hydrogens (primary N) is 1. The van der Waals surface area contributed by atoms with E-state index in [2.05, 4.69) is 10.3 Å². The van der Waals surface area contributed by atoms with Gasteiger partial charge in [0.15, 0.2) is 0 Å². The fourth-order valence-electron chi connectivity index (χ4n) is 1.44. The Morgan fingerprint density at radius 1 is 1.44 bits per heavy atom. The maximum Gasteiger partial charge on any atom is 0.263 e. The lowest BCUT2D eigenvalue weighted by Gasteiger charge is -2.11. The number of aromatic nitrogens is 1. The van der Waals surface area contributed by atoms with Gasteiger partial charge in [-0.2, -0.15) is 0 Å². The van der Waals surface area contributed by atoms with Gasteiger partial charge >= 0.3 is 0 Å². The van der Waals surface area contributed by atoms with Gasteiger partial charge in [0.2, 0.25) is 0 Å². The zero-order valence-corrected chi connectivity index (χ0v) is 10.4. The summed E-state index contributed by atoms with van der Waals surface area (Å²) in [5.41, 5.74) is 8.50. The van der Waals surface area contributed by atoms with Crippen LogP contribution in [0.25, 0.3) is 0 Å². The molecule has 1 atom stereocenters. The Morgan fingerprint density at radius 3 is 2.78 bits per heavy atom. The van der Waals surface area contributed by atoms with E-state index in [0.717, 1.165) is 0 Å². The molecule has 0 radical (unpaired) electrons. The number of aliphatic hydroxyl groups excluding tert-OH is 1. The van der Waals surface area contributed by atoms with Gasteiger partial charge in [0, 0.05) is 12.2 Å². The van der Waals surface area contributed by atoms with E-state index in [0.29, 0.717) is 16.1 Å². The molecule has 6 heteroatoms. The molecule has 0 aliphatic rings. The standard InChI is InChI=1S/C12H13N3O2S/c13-9-3-1-8(2-4-9)10(16)5-15-12(17)11-6-14-7-18-11/h1-4,6-7,10,16H,5,13H2,(H,15,17). The Bertz CT molecular complexity index is 511. The van der Waals surface area contributed by atoms with Crippen LogP contribution < -0.4 is 11.1 Å². The van der Waals surface area contributed by atoms with Gasteiger partial charge in [-0.1, -0.05) is 12.1 Å². The third-order valence-electron chi connectivity index (χ3n) is 2.43. The normalized spacial score (nSPS) is 12.1. The summed E-state index contributed by atoms with van der Waals surface area (Å²) in [6.07, 6.45) is 0.748. The Hall–Kier alpha value is -1.92. The highest BCUT2D eigenvalue weighted by Gasteiger charge is 2.11. The van der Waals surface area contributed by atoms with Crippen LogP contribution in [-0.2, 0) is 0 Å². The van der Waals surface area contributed by atoms with Gasteiger partial charge in [-0.3, -0.25) is 9.78 Å². The van der Waals surface area contributed by atoms with Crippen molar-refractivity contribution in [2.45, 2.75) is 6.10 Å². The number of carbonyl (C=O) groups excluding carboxylic acids is 1. The van der Waals surface area contributed by atoms with E-state index in [1.165, 1.54) is 17.5 Å². The predicted octanol–water partition coefficient (Wildman–Crippen LogP) is 1.19. The zero-order valence-electron chi connectivity index (χ0n) is 9.54. The Kier molecular flexibility index (Phi) is 3.91. The van der Waals surface area contributed by atoms with E-state index in [4.69, 9.17) is 5.73 Å². The summed E-state index contributed by atoms with van der Waals surface area (Å²) in [6, 6.07) is 6.89. The first kappa shape index (κ1) is 12.5. The van der Waals surface area contributed by atoms with Crippen molar-refractivity contribution in [2.75, 3.05) is 12.3 Å². The van der Waals surface area contributed by atoms with E-state index in [9.17, 15) is 9.90 Å². The number of aliphatic hydroxyl groups is 1. The molecule has 0 fully saturated rings. The molecule has 18 heavy (non-hydrogen) atoms. The summed E-state index contributed by atoms with van der Waals surface area (Å²) in [6.45, 7) is 0.153. The van der Waals surface area contributed by atoms with Crippen LogP contribution in [-0.4, -0.2) is 22.5 Å². The average Bonchev–Trinajstić information content (AvgIpc) is 2.90. The van der Waals surface area contributed by atoms with Gasteiger partial charge in [-0.05, 0) is 17.7 Å². The zero-order chi connectivity index (χ0) is 13.0. The molecular weight excluding hydrogens is 250 g/mol. The lowest BCUT2D eigenvalue weighted by atomic mass is 10.1. The second kappa shape index (κ2) is 5.61. The molecule has 2 rings (SSSR count). The minimum atomic E-state index is -0.748. The van der Waals surface area contributed by atoms with Crippen molar-refractivity contribution in [3.8, 4) is 0 Å². The minimum Gasteiger partial charge on any atom is -0.399 e. The lowest BCUT2D eigenvalue weighted by molar-refractivity contribution is 0.0920. The molecule has 1 aromatic carbocycles. The fraction of sp³-hybridized carbons (Fsp3) is 0.167. The van der Waals surface area contributed by atoms with Crippen LogP contribution in [0.3, 0.4) is 0 Å². The van der Waals surface area contributed by atoms with Crippen molar-refractivity contribution < 1.29 is 9.90 Å². The van der Waals surface area contributed by atoms with Crippen molar-refractivity contribution >= 4 is 22.9 Å². The van der Waals surface area contributed by atoms with Crippen LogP contribution in [0.15, 0.2) is 36.0 Å². The summed E-state index contributed by atoms with van der Waals surface area (Å²) in [5, 5.41) is 12.5. The summed E-state index contributed by atoms with van der Waals surface area (Å²) >= 11 is 1.26. The molecule has 1 heterocycles. The number of hydrogen-bond acceptors (Lipinski definition) is 5. The predicted molar refractivity (Wildman–Crippen MR) is 70.3 cm³/mol. The minimum absolute atomic E-state index is 0.153. The highest BCUT2D eigenvalue weighted by atomic mass is 32.1. The molecule has 0 saturated heterocycles. The molecule has 1 unspecified atom stereocenters. The number of benzene rings is 1. The smallest absolute Gasteiger partial charge is 0.263 e. The Morgan fingerprint density at radius 2 is 2.17 bits per heavy atom. The third kappa shape index (κ3) is 3.06. The molecule has 94 valence electrons. The molecular formula is C12H13N3O2S. The van der Waals surface area contributed by atoms with E-state index < -0.39 is 6.10 Å². The molecule has 0 saturated carbocycles. The van der Waals surface area contributed by atoms with E-state index in [1.54, 1.807) is 29.8 Å². The summed E-state index contributed by atoms with van der Waals surface area (Å²) < 4.78 is 0. The molecule has 0 bridgehead atoms. The van der Waals surface area contributed by atoms with Crippen molar-refractivity contribution in [3.63, 3.8) is 0 Å². The number of thiazole rings is 1. The molecule has 0 spiro atoms. The molecule has 2 aromatic rings. The molecule has 0 aliphatic carbocycles. The van der Waals surface area contributed by atoms with Crippen LogP contribution >= 0.6 is 11.3 Å². The SMILES string of the molecule is Nc1ccc(C(O)CNC(=O)c2cncs2)cc1. The van der Waals surface area contributed by atoms with Crippen LogP contribution in [0, 0.1) is 0 Å². The van der Waals surface area contributed by atoms with Gasteiger partial charge in [0.25, 0.3) is 5.91 Å². The van der Waals surface area contributed by atoms with Crippen LogP contribution in [0.5, 0.6) is 0 Å². The second-order valence-electron chi connectivity index (χ2n) is 3.76. The number of nitrogens with zero attached hydrogens (tertiary/aromatic N) is 1. The number of nitrogens with one attached hydrogen (secondary N) is 1. The first-order chi connectivity index (χ1) is 8.66. The fourth-order valence-corrected chi connectivity index (χ4v) is 1.98. The Labute approximate surface area is 108 Å². The van der Waals surface area contributed by atoms with Gasteiger partial charge in [0.1, 0.15) is 4.88 Å². The third-order valence-corrected chi connectivity index (χ3v) is 3.21. The van der Waals surface area contributed by atoms with Crippen molar-refractivity contribution in [1.82, 2.24) is 10.3 Å². The summed E-state index contributed by atoms with van der Waals surface area (Å²) in [5.74, 6) is -0.230. The largest absolute Gasteiger partial charge is 0.399 e. The van der Waals surface area contributed by atoms with E-state index >= 15 is 0 Å². The molecule has 4 N–H and O–H groups in total. The second-order valence-corrected chi connectivity index (χ2v) is 4.64. The quantitative estimate of drug-likeness (QED) is 0.723. The topological polar surface area (TPSA) is 88.2 Å². The maximum atomic E-state index is 11.6. The highest BCUT2D eigenvalue weighted by Crippen LogP contribution is 2.14. The first-order valence-electron chi connectivity index (χ1n) is 5.37. The van der Waals surface area contributed by atoms with Gasteiger partial charge in [-0.25, -0.2) is 0 Å². The van der Waals surface area contributed by atoms with Crippen molar-refractivity contribution in [1.29, 1.82) is 0 Å². The van der Waals surface area contributed by atoms with Gasteiger partial charge in [-0.15, -0.1) is 11.3 Å². The molecule has 5 nitrogen and oxygen atoms in total. The monoisotopic (exact) mass is 263 g/mol. The van der Waals surface area contributed by atoms with Gasteiger partial charge in [0.05, 0.1) is 17.8 Å². The Balaban J connectivity index is 1.90. The molecule has 0 aliphatic heterocycles. The lowest BCUT2D eigenvalue weighted by Crippen LogP contribution is -2.27. The molecule has 1 amide bonds. The van der Waals surface area contributed by atoms with Gasteiger partial charge < -0.3 is 16.2 Å². The molecule has 1 aromatic heterocycles. The highest BCUT2D eigenvalue weighted by molar-refractivity contribution is 7.11. The summed E-state index contributed by atoms with van der Waals surface area (Å²) in [7, 11) is 0. The van der Waals surface area contributed by atoms with Crippen LogP contribution in [0.2, 0.25) is 0 Å². The maximum absolute atomic E-state index is 11.6. The number of amides is 1. The van der Waals surface area contributed by atoms with Crippen molar-refractivity contribution in [2.24, 2.45) is 0 Å². The number of nitrogen functional groups attached to an aromatic ring is 1. The number of rotatable bonds is 4.